The molecule has 0 fully saturated rings. The van der Waals surface area contributed by atoms with E-state index in [0.29, 0.717) is 5.69 Å². The zero-order valence-corrected chi connectivity index (χ0v) is 12.0. The number of hydrogen-bond donors (Lipinski definition) is 2. The van der Waals surface area contributed by atoms with Crippen LogP contribution in [0.1, 0.15) is 17.0 Å². The number of urea groups is 1. The second-order valence-corrected chi connectivity index (χ2v) is 4.77. The number of alkyl halides is 3. The van der Waals surface area contributed by atoms with Gasteiger partial charge in [-0.15, -0.1) is 0 Å². The van der Waals surface area contributed by atoms with Crippen molar-refractivity contribution in [3.8, 4) is 0 Å². The van der Waals surface area contributed by atoms with Crippen molar-refractivity contribution in [3.63, 3.8) is 0 Å². The number of nitrogens with one attached hydrogen (secondary N) is 2. The van der Waals surface area contributed by atoms with Crippen LogP contribution in [0.5, 0.6) is 0 Å². The van der Waals surface area contributed by atoms with Gasteiger partial charge in [-0.1, -0.05) is 17.7 Å². The minimum Gasteiger partial charge on any atom is -0.308 e. The Hall–Kier alpha value is -2.57. The Morgan fingerprint density at radius 1 is 1.00 bits per heavy atom. The summed E-state index contributed by atoms with van der Waals surface area (Å²) in [6.07, 6.45) is -4.51. The maximum Gasteiger partial charge on any atom is 0.433 e. The number of amides is 2. The van der Waals surface area contributed by atoms with Gasteiger partial charge in [0.1, 0.15) is 5.69 Å². The SMILES string of the molecule is Cc1ccc(NC(=O)Nc2ccc(C(F)(F)F)nc2C)cc1. The summed E-state index contributed by atoms with van der Waals surface area (Å²) in [5.74, 6) is 0. The number of halogens is 3. The highest BCUT2D eigenvalue weighted by Crippen LogP contribution is 2.29. The highest BCUT2D eigenvalue weighted by molar-refractivity contribution is 6.00. The van der Waals surface area contributed by atoms with Gasteiger partial charge in [0.25, 0.3) is 0 Å². The Morgan fingerprint density at radius 3 is 2.18 bits per heavy atom. The van der Waals surface area contributed by atoms with E-state index in [4.69, 9.17) is 0 Å². The van der Waals surface area contributed by atoms with Gasteiger partial charge >= 0.3 is 12.2 Å². The number of hydrogen-bond acceptors (Lipinski definition) is 2. The van der Waals surface area contributed by atoms with Gasteiger partial charge in [0, 0.05) is 5.69 Å². The molecule has 2 rings (SSSR count). The summed E-state index contributed by atoms with van der Waals surface area (Å²) >= 11 is 0. The van der Waals surface area contributed by atoms with E-state index in [1.54, 1.807) is 12.1 Å². The molecule has 2 amide bonds. The Labute approximate surface area is 125 Å². The number of nitrogens with zero attached hydrogens (tertiary/aromatic N) is 1. The van der Waals surface area contributed by atoms with Gasteiger partial charge in [-0.2, -0.15) is 13.2 Å². The van der Waals surface area contributed by atoms with Crippen LogP contribution in [-0.4, -0.2) is 11.0 Å². The Bertz CT molecular complexity index is 681. The topological polar surface area (TPSA) is 54.0 Å². The van der Waals surface area contributed by atoms with Crippen LogP contribution in [0.15, 0.2) is 36.4 Å². The van der Waals surface area contributed by atoms with Crippen LogP contribution < -0.4 is 10.6 Å². The molecule has 1 aromatic heterocycles. The molecule has 2 aromatic rings. The molecule has 0 atom stereocenters. The van der Waals surface area contributed by atoms with Crippen molar-refractivity contribution in [1.82, 2.24) is 4.98 Å². The lowest BCUT2D eigenvalue weighted by Crippen LogP contribution is -2.20. The first-order valence-corrected chi connectivity index (χ1v) is 6.45. The van der Waals surface area contributed by atoms with Crippen molar-refractivity contribution in [2.24, 2.45) is 0 Å². The molecule has 0 bridgehead atoms. The van der Waals surface area contributed by atoms with Crippen LogP contribution in [0.25, 0.3) is 0 Å². The molecule has 0 spiro atoms. The summed E-state index contributed by atoms with van der Waals surface area (Å²) in [7, 11) is 0. The Balaban J connectivity index is 2.07. The fourth-order valence-corrected chi connectivity index (χ4v) is 1.77. The maximum absolute atomic E-state index is 12.5. The molecule has 0 radical (unpaired) electrons. The number of benzene rings is 1. The first-order valence-electron chi connectivity index (χ1n) is 6.45. The van der Waals surface area contributed by atoms with Crippen LogP contribution in [0.4, 0.5) is 29.3 Å². The lowest BCUT2D eigenvalue weighted by Gasteiger charge is -2.12. The molecule has 7 heteroatoms. The van der Waals surface area contributed by atoms with Crippen molar-refractivity contribution in [3.05, 3.63) is 53.3 Å². The average molecular weight is 309 g/mol. The number of carbonyl (C=O) groups excluding carboxylic acids is 1. The van der Waals surface area contributed by atoms with E-state index in [1.165, 1.54) is 13.0 Å². The summed E-state index contributed by atoms with van der Waals surface area (Å²) in [6.45, 7) is 3.32. The molecule has 0 aliphatic heterocycles. The molecule has 4 nitrogen and oxygen atoms in total. The van der Waals surface area contributed by atoms with Gasteiger partial charge in [-0.05, 0) is 38.1 Å². The summed E-state index contributed by atoms with van der Waals surface area (Å²) < 4.78 is 37.6. The first kappa shape index (κ1) is 15.8. The van der Waals surface area contributed by atoms with Crippen LogP contribution in [0.2, 0.25) is 0 Å². The van der Waals surface area contributed by atoms with Gasteiger partial charge in [0.05, 0.1) is 11.4 Å². The summed E-state index contributed by atoms with van der Waals surface area (Å²) in [5, 5.41) is 5.06. The number of anilines is 2. The molecule has 22 heavy (non-hydrogen) atoms. The van der Waals surface area contributed by atoms with Gasteiger partial charge in [-0.25, -0.2) is 9.78 Å². The zero-order valence-electron chi connectivity index (χ0n) is 12.0. The highest BCUT2D eigenvalue weighted by Gasteiger charge is 2.32. The molecule has 0 saturated heterocycles. The normalized spacial score (nSPS) is 11.1. The maximum atomic E-state index is 12.5. The van der Waals surface area contributed by atoms with Gasteiger partial charge in [0.15, 0.2) is 0 Å². The van der Waals surface area contributed by atoms with Crippen LogP contribution in [0, 0.1) is 13.8 Å². The van der Waals surface area contributed by atoms with E-state index in [1.807, 2.05) is 19.1 Å². The van der Waals surface area contributed by atoms with E-state index in [2.05, 4.69) is 15.6 Å². The van der Waals surface area contributed by atoms with Gasteiger partial charge in [0.2, 0.25) is 0 Å². The smallest absolute Gasteiger partial charge is 0.308 e. The number of carbonyl (C=O) groups is 1. The third kappa shape index (κ3) is 3.97. The lowest BCUT2D eigenvalue weighted by atomic mass is 10.2. The minimum absolute atomic E-state index is 0.0916. The predicted molar refractivity (Wildman–Crippen MR) is 77.8 cm³/mol. The van der Waals surface area contributed by atoms with E-state index >= 15 is 0 Å². The molecule has 1 aromatic carbocycles. The van der Waals surface area contributed by atoms with Crippen molar-refractivity contribution in [1.29, 1.82) is 0 Å². The van der Waals surface area contributed by atoms with Gasteiger partial charge < -0.3 is 10.6 Å². The summed E-state index contributed by atoms with van der Waals surface area (Å²) in [6, 6.07) is 8.59. The van der Waals surface area contributed by atoms with Crippen molar-refractivity contribution in [2.45, 2.75) is 20.0 Å². The third-order valence-corrected chi connectivity index (χ3v) is 2.93. The molecule has 0 aliphatic carbocycles. The molecule has 1 heterocycles. The van der Waals surface area contributed by atoms with E-state index in [0.717, 1.165) is 11.6 Å². The van der Waals surface area contributed by atoms with Crippen molar-refractivity contribution in [2.75, 3.05) is 10.6 Å². The summed E-state index contributed by atoms with van der Waals surface area (Å²) in [5.41, 5.74) is 0.954. The molecule has 0 saturated carbocycles. The van der Waals surface area contributed by atoms with Gasteiger partial charge in [-0.3, -0.25) is 0 Å². The monoisotopic (exact) mass is 309 g/mol. The molecule has 0 aliphatic rings. The van der Waals surface area contributed by atoms with Crippen molar-refractivity contribution >= 4 is 17.4 Å². The third-order valence-electron chi connectivity index (χ3n) is 2.93. The molecule has 2 N–H and O–H groups in total. The minimum atomic E-state index is -4.51. The number of aromatic nitrogens is 1. The average Bonchev–Trinajstić information content (AvgIpc) is 2.42. The number of rotatable bonds is 2. The molecule has 116 valence electrons. The quantitative estimate of drug-likeness (QED) is 0.866. The molecular formula is C15H14F3N3O. The van der Waals surface area contributed by atoms with Crippen LogP contribution in [-0.2, 0) is 6.18 Å². The predicted octanol–water partition coefficient (Wildman–Crippen LogP) is 4.36. The lowest BCUT2D eigenvalue weighted by molar-refractivity contribution is -0.141. The largest absolute Gasteiger partial charge is 0.433 e. The Kier molecular flexibility index (Phi) is 4.35. The first-order chi connectivity index (χ1) is 10.3. The van der Waals surface area contributed by atoms with Crippen molar-refractivity contribution < 1.29 is 18.0 Å². The standard InChI is InChI=1S/C15H14F3N3O/c1-9-3-5-11(6-4-9)20-14(22)21-12-7-8-13(15(16,17)18)19-10(12)2/h3-8H,1-2H3,(H2,20,21,22). The second kappa shape index (κ2) is 6.05. The number of aryl methyl sites for hydroxylation is 2. The van der Waals surface area contributed by atoms with Crippen LogP contribution >= 0.6 is 0 Å². The number of pyridine rings is 1. The zero-order chi connectivity index (χ0) is 16.3. The van der Waals surface area contributed by atoms with E-state index < -0.39 is 17.9 Å². The van der Waals surface area contributed by atoms with E-state index in [-0.39, 0.29) is 11.4 Å². The second-order valence-electron chi connectivity index (χ2n) is 4.77. The fourth-order valence-electron chi connectivity index (χ4n) is 1.77. The fraction of sp³-hybridized carbons (Fsp3) is 0.200. The Morgan fingerprint density at radius 2 is 1.64 bits per heavy atom. The molecule has 0 unspecified atom stereocenters. The van der Waals surface area contributed by atoms with E-state index in [9.17, 15) is 18.0 Å². The highest BCUT2D eigenvalue weighted by atomic mass is 19.4. The summed E-state index contributed by atoms with van der Waals surface area (Å²) in [4.78, 5) is 15.3. The molecular weight excluding hydrogens is 295 g/mol. The van der Waals surface area contributed by atoms with Crippen LogP contribution in [0.3, 0.4) is 0 Å².